The molecule has 2 rings (SSSR count). The van der Waals surface area contributed by atoms with Gasteiger partial charge < -0.3 is 10.1 Å². The van der Waals surface area contributed by atoms with Crippen LogP contribution >= 0.6 is 0 Å². The van der Waals surface area contributed by atoms with Crippen molar-refractivity contribution in [3.05, 3.63) is 35.6 Å². The van der Waals surface area contributed by atoms with Crippen LogP contribution < -0.4 is 5.32 Å². The lowest BCUT2D eigenvalue weighted by Crippen LogP contribution is -2.54. The van der Waals surface area contributed by atoms with Gasteiger partial charge in [0.25, 0.3) is 0 Å². The molecular formula is C18H28FNO. The second-order valence-electron chi connectivity index (χ2n) is 6.13. The van der Waals surface area contributed by atoms with E-state index in [2.05, 4.69) is 12.2 Å². The zero-order valence-corrected chi connectivity index (χ0v) is 13.3. The third kappa shape index (κ3) is 4.04. The van der Waals surface area contributed by atoms with Gasteiger partial charge in [0.1, 0.15) is 5.82 Å². The SMILES string of the molecule is CCCNC(Cc1ccccc1F)C1(OC)CCCCC1. The Morgan fingerprint density at radius 3 is 2.57 bits per heavy atom. The van der Waals surface area contributed by atoms with Gasteiger partial charge in [-0.1, -0.05) is 44.4 Å². The van der Waals surface area contributed by atoms with Crippen LogP contribution in [-0.2, 0) is 11.2 Å². The first-order valence-corrected chi connectivity index (χ1v) is 8.24. The summed E-state index contributed by atoms with van der Waals surface area (Å²) in [5.74, 6) is -0.108. The van der Waals surface area contributed by atoms with E-state index >= 15 is 0 Å². The maximum Gasteiger partial charge on any atom is 0.126 e. The summed E-state index contributed by atoms with van der Waals surface area (Å²) in [5, 5.41) is 3.61. The standard InChI is InChI=1S/C18H28FNO/c1-3-13-20-17(14-15-9-5-6-10-16(15)19)18(21-2)11-7-4-8-12-18/h5-6,9-10,17,20H,3-4,7-8,11-14H2,1-2H3. The zero-order valence-electron chi connectivity index (χ0n) is 13.3. The van der Waals surface area contributed by atoms with E-state index in [9.17, 15) is 4.39 Å². The molecule has 1 aromatic carbocycles. The summed E-state index contributed by atoms with van der Waals surface area (Å²) in [4.78, 5) is 0. The molecular weight excluding hydrogens is 265 g/mol. The number of rotatable bonds is 7. The summed E-state index contributed by atoms with van der Waals surface area (Å²) in [6.45, 7) is 3.11. The van der Waals surface area contributed by atoms with E-state index in [0.29, 0.717) is 6.42 Å². The molecule has 21 heavy (non-hydrogen) atoms. The third-order valence-corrected chi connectivity index (χ3v) is 4.76. The van der Waals surface area contributed by atoms with Crippen LogP contribution in [0.15, 0.2) is 24.3 Å². The van der Waals surface area contributed by atoms with E-state index in [-0.39, 0.29) is 17.5 Å². The molecule has 1 aliphatic carbocycles. The predicted octanol–water partition coefficient (Wildman–Crippen LogP) is 4.09. The molecule has 1 aliphatic rings. The molecule has 0 saturated heterocycles. The third-order valence-electron chi connectivity index (χ3n) is 4.76. The van der Waals surface area contributed by atoms with Gasteiger partial charge in [-0.05, 0) is 43.9 Å². The average molecular weight is 293 g/mol. The quantitative estimate of drug-likeness (QED) is 0.817. The highest BCUT2D eigenvalue weighted by molar-refractivity contribution is 5.19. The fourth-order valence-electron chi connectivity index (χ4n) is 3.49. The van der Waals surface area contributed by atoms with Gasteiger partial charge in [-0.15, -0.1) is 0 Å². The Morgan fingerprint density at radius 2 is 1.95 bits per heavy atom. The first kappa shape index (κ1) is 16.4. The molecule has 1 saturated carbocycles. The van der Waals surface area contributed by atoms with Crippen molar-refractivity contribution < 1.29 is 9.13 Å². The van der Waals surface area contributed by atoms with Crippen molar-refractivity contribution in [2.45, 2.75) is 63.5 Å². The lowest BCUT2D eigenvalue weighted by molar-refractivity contribution is -0.0673. The summed E-state index contributed by atoms with van der Waals surface area (Å²) in [6, 6.07) is 7.28. The molecule has 0 heterocycles. The number of hydrogen-bond acceptors (Lipinski definition) is 2. The number of halogens is 1. The maximum absolute atomic E-state index is 14.0. The Bertz CT molecular complexity index is 429. The molecule has 0 amide bonds. The van der Waals surface area contributed by atoms with E-state index in [1.807, 2.05) is 19.2 Å². The Labute approximate surface area is 128 Å². The summed E-state index contributed by atoms with van der Waals surface area (Å²) in [5.41, 5.74) is 0.642. The minimum atomic E-state index is -0.143. The maximum atomic E-state index is 14.0. The lowest BCUT2D eigenvalue weighted by atomic mass is 9.77. The molecule has 0 radical (unpaired) electrons. The minimum absolute atomic E-state index is 0.108. The number of ether oxygens (including phenoxy) is 1. The van der Waals surface area contributed by atoms with Crippen LogP contribution in [0.5, 0.6) is 0 Å². The summed E-state index contributed by atoms with van der Waals surface area (Å²) in [6.07, 6.45) is 7.60. The van der Waals surface area contributed by atoms with Crippen LogP contribution in [0.3, 0.4) is 0 Å². The van der Waals surface area contributed by atoms with Crippen LogP contribution in [-0.4, -0.2) is 25.3 Å². The van der Waals surface area contributed by atoms with E-state index < -0.39 is 0 Å². The highest BCUT2D eigenvalue weighted by Gasteiger charge is 2.39. The average Bonchev–Trinajstić information content (AvgIpc) is 2.53. The Balaban J connectivity index is 2.18. The molecule has 1 aromatic rings. The second kappa shape index (κ2) is 7.90. The highest BCUT2D eigenvalue weighted by Crippen LogP contribution is 2.35. The van der Waals surface area contributed by atoms with E-state index in [1.165, 1.54) is 19.3 Å². The fourth-order valence-corrected chi connectivity index (χ4v) is 3.49. The molecule has 1 fully saturated rings. The van der Waals surface area contributed by atoms with Crippen molar-refractivity contribution in [1.82, 2.24) is 5.32 Å². The normalized spacial score (nSPS) is 19.4. The molecule has 0 aromatic heterocycles. The van der Waals surface area contributed by atoms with Crippen LogP contribution in [0.25, 0.3) is 0 Å². The monoisotopic (exact) mass is 293 g/mol. The molecule has 0 spiro atoms. The Morgan fingerprint density at radius 1 is 1.24 bits per heavy atom. The predicted molar refractivity (Wildman–Crippen MR) is 85.0 cm³/mol. The largest absolute Gasteiger partial charge is 0.377 e. The summed E-state index contributed by atoms with van der Waals surface area (Å²) in [7, 11) is 1.81. The van der Waals surface area contributed by atoms with E-state index in [0.717, 1.165) is 31.4 Å². The molecule has 2 nitrogen and oxygen atoms in total. The van der Waals surface area contributed by atoms with Gasteiger partial charge in [0, 0.05) is 13.2 Å². The molecule has 0 aliphatic heterocycles. The van der Waals surface area contributed by atoms with Crippen LogP contribution in [0, 0.1) is 5.82 Å². The van der Waals surface area contributed by atoms with Crippen LogP contribution in [0.1, 0.15) is 51.0 Å². The zero-order chi connectivity index (χ0) is 15.1. The fraction of sp³-hybridized carbons (Fsp3) is 0.667. The Hall–Kier alpha value is -0.930. The van der Waals surface area contributed by atoms with Crippen molar-refractivity contribution in [3.8, 4) is 0 Å². The Kier molecular flexibility index (Phi) is 6.19. The molecule has 1 unspecified atom stereocenters. The van der Waals surface area contributed by atoms with Crippen molar-refractivity contribution in [3.63, 3.8) is 0 Å². The number of nitrogens with one attached hydrogen (secondary N) is 1. The molecule has 118 valence electrons. The van der Waals surface area contributed by atoms with Crippen molar-refractivity contribution in [1.29, 1.82) is 0 Å². The molecule has 1 atom stereocenters. The summed E-state index contributed by atoms with van der Waals surface area (Å²) < 4.78 is 20.0. The van der Waals surface area contributed by atoms with Crippen LogP contribution in [0.2, 0.25) is 0 Å². The van der Waals surface area contributed by atoms with Gasteiger partial charge in [-0.25, -0.2) is 4.39 Å². The van der Waals surface area contributed by atoms with Crippen molar-refractivity contribution >= 4 is 0 Å². The van der Waals surface area contributed by atoms with Gasteiger partial charge in [-0.3, -0.25) is 0 Å². The number of methoxy groups -OCH3 is 1. The molecule has 3 heteroatoms. The van der Waals surface area contributed by atoms with Gasteiger partial charge in [0.05, 0.1) is 5.60 Å². The minimum Gasteiger partial charge on any atom is -0.377 e. The number of hydrogen-bond donors (Lipinski definition) is 1. The van der Waals surface area contributed by atoms with Crippen molar-refractivity contribution in [2.75, 3.05) is 13.7 Å². The van der Waals surface area contributed by atoms with Crippen molar-refractivity contribution in [2.24, 2.45) is 0 Å². The van der Waals surface area contributed by atoms with Crippen LogP contribution in [0.4, 0.5) is 4.39 Å². The van der Waals surface area contributed by atoms with Gasteiger partial charge in [0.15, 0.2) is 0 Å². The smallest absolute Gasteiger partial charge is 0.126 e. The van der Waals surface area contributed by atoms with E-state index in [4.69, 9.17) is 4.74 Å². The van der Waals surface area contributed by atoms with Gasteiger partial charge in [0.2, 0.25) is 0 Å². The topological polar surface area (TPSA) is 21.3 Å². The first-order valence-electron chi connectivity index (χ1n) is 8.24. The molecule has 0 bridgehead atoms. The van der Waals surface area contributed by atoms with Gasteiger partial charge in [-0.2, -0.15) is 0 Å². The van der Waals surface area contributed by atoms with Gasteiger partial charge >= 0.3 is 0 Å². The highest BCUT2D eigenvalue weighted by atomic mass is 19.1. The van der Waals surface area contributed by atoms with E-state index in [1.54, 1.807) is 12.1 Å². The molecule has 1 N–H and O–H groups in total. The number of benzene rings is 1. The lowest BCUT2D eigenvalue weighted by Gasteiger charge is -2.43. The summed E-state index contributed by atoms with van der Waals surface area (Å²) >= 11 is 0. The first-order chi connectivity index (χ1) is 10.2. The second-order valence-corrected chi connectivity index (χ2v) is 6.13.